The second-order valence-corrected chi connectivity index (χ2v) is 7.84. The van der Waals surface area contributed by atoms with Crippen molar-refractivity contribution >= 4 is 5.96 Å². The average molecular weight is 398 g/mol. The minimum atomic E-state index is 0.217. The van der Waals surface area contributed by atoms with Crippen LogP contribution in [0.4, 0.5) is 0 Å². The number of likely N-dealkylation sites (tertiary alicyclic amines) is 1. The van der Waals surface area contributed by atoms with E-state index in [1.54, 1.807) is 19.5 Å². The maximum Gasteiger partial charge on any atom is 0.213 e. The number of pyridine rings is 1. The SMILES string of the molecule is CN=C(NCc1ccnc(OCC2CC2)c1)NCC(c1ccco1)N1CCCC1. The summed E-state index contributed by atoms with van der Waals surface area (Å²) in [4.78, 5) is 11.2. The summed E-state index contributed by atoms with van der Waals surface area (Å²) in [6, 6.07) is 8.23. The zero-order chi connectivity index (χ0) is 19.9. The molecule has 1 aliphatic heterocycles. The number of ether oxygens (including phenoxy) is 1. The molecule has 1 atom stereocenters. The Kier molecular flexibility index (Phi) is 6.67. The number of rotatable bonds is 9. The molecule has 1 saturated carbocycles. The van der Waals surface area contributed by atoms with Crippen molar-refractivity contribution in [2.24, 2.45) is 10.9 Å². The number of hydrogen-bond donors (Lipinski definition) is 2. The van der Waals surface area contributed by atoms with E-state index in [0.29, 0.717) is 12.4 Å². The number of nitrogens with zero attached hydrogens (tertiary/aromatic N) is 3. The standard InChI is InChI=1S/C22H31N5O2/c1-23-22(25-14-18-8-9-24-21(13-18)29-16-17-6-7-17)26-15-19(20-5-4-12-28-20)27-10-2-3-11-27/h4-5,8-9,12-13,17,19H,2-3,6-7,10-11,14-16H2,1H3,(H2,23,25,26). The maximum absolute atomic E-state index is 5.78. The highest BCUT2D eigenvalue weighted by molar-refractivity contribution is 5.79. The first kappa shape index (κ1) is 19.8. The molecule has 2 N–H and O–H groups in total. The van der Waals surface area contributed by atoms with Crippen LogP contribution in [0, 0.1) is 5.92 Å². The lowest BCUT2D eigenvalue weighted by atomic mass is 10.2. The zero-order valence-corrected chi connectivity index (χ0v) is 17.1. The van der Waals surface area contributed by atoms with E-state index in [2.05, 4.69) is 31.6 Å². The predicted molar refractivity (Wildman–Crippen MR) is 113 cm³/mol. The Morgan fingerprint density at radius 2 is 2.17 bits per heavy atom. The summed E-state index contributed by atoms with van der Waals surface area (Å²) in [6.45, 7) is 4.41. The van der Waals surface area contributed by atoms with Crippen molar-refractivity contribution < 1.29 is 9.15 Å². The lowest BCUT2D eigenvalue weighted by molar-refractivity contribution is 0.215. The Morgan fingerprint density at radius 1 is 1.31 bits per heavy atom. The van der Waals surface area contributed by atoms with E-state index < -0.39 is 0 Å². The Bertz CT molecular complexity index is 782. The van der Waals surface area contributed by atoms with E-state index in [-0.39, 0.29) is 6.04 Å². The summed E-state index contributed by atoms with van der Waals surface area (Å²) in [7, 11) is 1.80. The topological polar surface area (TPSA) is 74.9 Å². The van der Waals surface area contributed by atoms with Crippen LogP contribution in [0.1, 0.15) is 43.0 Å². The van der Waals surface area contributed by atoms with Gasteiger partial charge in [-0.05, 0) is 68.5 Å². The molecule has 4 rings (SSSR count). The molecule has 1 aliphatic carbocycles. The predicted octanol–water partition coefficient (Wildman–Crippen LogP) is 2.97. The number of aliphatic imine (C=N–C) groups is 1. The van der Waals surface area contributed by atoms with Gasteiger partial charge in [0.05, 0.1) is 18.9 Å². The van der Waals surface area contributed by atoms with Crippen LogP contribution in [0.25, 0.3) is 0 Å². The summed E-state index contributed by atoms with van der Waals surface area (Å²) < 4.78 is 11.5. The van der Waals surface area contributed by atoms with E-state index >= 15 is 0 Å². The van der Waals surface area contributed by atoms with Gasteiger partial charge in [0.1, 0.15) is 5.76 Å². The minimum absolute atomic E-state index is 0.217. The van der Waals surface area contributed by atoms with Crippen LogP contribution in [0.5, 0.6) is 5.88 Å². The lowest BCUT2D eigenvalue weighted by Gasteiger charge is -2.26. The van der Waals surface area contributed by atoms with Gasteiger partial charge in [0.15, 0.2) is 5.96 Å². The Labute approximate surface area is 172 Å². The molecule has 0 aromatic carbocycles. The fourth-order valence-corrected chi connectivity index (χ4v) is 3.67. The molecule has 0 spiro atoms. The molecule has 7 heteroatoms. The van der Waals surface area contributed by atoms with Crippen molar-refractivity contribution in [3.63, 3.8) is 0 Å². The molecule has 156 valence electrons. The number of nitrogens with one attached hydrogen (secondary N) is 2. The largest absolute Gasteiger partial charge is 0.477 e. The highest BCUT2D eigenvalue weighted by Gasteiger charge is 2.25. The molecule has 2 aromatic heterocycles. The third kappa shape index (κ3) is 5.73. The first-order chi connectivity index (χ1) is 14.3. The molecule has 7 nitrogen and oxygen atoms in total. The van der Waals surface area contributed by atoms with Crippen molar-refractivity contribution in [2.45, 2.75) is 38.3 Å². The summed E-state index contributed by atoms with van der Waals surface area (Å²) in [6.07, 6.45) is 8.60. The van der Waals surface area contributed by atoms with Crippen LogP contribution >= 0.6 is 0 Å². The number of furan rings is 1. The Balaban J connectivity index is 1.29. The highest BCUT2D eigenvalue weighted by atomic mass is 16.5. The van der Waals surface area contributed by atoms with Crippen LogP contribution in [0.2, 0.25) is 0 Å². The molecule has 0 radical (unpaired) electrons. The van der Waals surface area contributed by atoms with E-state index in [0.717, 1.165) is 49.4 Å². The van der Waals surface area contributed by atoms with Gasteiger partial charge in [-0.2, -0.15) is 0 Å². The lowest BCUT2D eigenvalue weighted by Crippen LogP contribution is -2.42. The second kappa shape index (κ2) is 9.78. The van der Waals surface area contributed by atoms with Gasteiger partial charge in [0.2, 0.25) is 5.88 Å². The Morgan fingerprint density at radius 3 is 2.90 bits per heavy atom. The van der Waals surface area contributed by atoms with Crippen molar-refractivity contribution in [1.82, 2.24) is 20.5 Å². The number of guanidine groups is 1. The average Bonchev–Trinajstić information content (AvgIpc) is 3.18. The maximum atomic E-state index is 5.78. The number of hydrogen-bond acceptors (Lipinski definition) is 5. The molecule has 0 amide bonds. The molecule has 29 heavy (non-hydrogen) atoms. The van der Waals surface area contributed by atoms with E-state index in [9.17, 15) is 0 Å². The minimum Gasteiger partial charge on any atom is -0.477 e. The summed E-state index contributed by atoms with van der Waals surface area (Å²) >= 11 is 0. The summed E-state index contributed by atoms with van der Waals surface area (Å²) in [5.41, 5.74) is 1.12. The smallest absolute Gasteiger partial charge is 0.213 e. The second-order valence-electron chi connectivity index (χ2n) is 7.84. The van der Waals surface area contributed by atoms with Crippen LogP contribution in [0.15, 0.2) is 46.1 Å². The van der Waals surface area contributed by atoms with Crippen LogP contribution < -0.4 is 15.4 Å². The first-order valence-corrected chi connectivity index (χ1v) is 10.6. The summed E-state index contributed by atoms with van der Waals surface area (Å²) in [5, 5.41) is 6.85. The van der Waals surface area contributed by atoms with Gasteiger partial charge in [-0.15, -0.1) is 0 Å². The fraction of sp³-hybridized carbons (Fsp3) is 0.545. The molecule has 2 aliphatic rings. The highest BCUT2D eigenvalue weighted by Crippen LogP contribution is 2.29. The fourth-order valence-electron chi connectivity index (χ4n) is 3.67. The van der Waals surface area contributed by atoms with Crippen molar-refractivity contribution in [2.75, 3.05) is 33.3 Å². The molecular formula is C22H31N5O2. The van der Waals surface area contributed by atoms with Crippen LogP contribution in [-0.4, -0.2) is 49.1 Å². The van der Waals surface area contributed by atoms with Gasteiger partial charge in [-0.3, -0.25) is 9.89 Å². The van der Waals surface area contributed by atoms with E-state index in [4.69, 9.17) is 9.15 Å². The van der Waals surface area contributed by atoms with Gasteiger partial charge in [-0.25, -0.2) is 4.98 Å². The monoisotopic (exact) mass is 397 g/mol. The quantitative estimate of drug-likeness (QED) is 0.501. The van der Waals surface area contributed by atoms with Gasteiger partial charge in [0.25, 0.3) is 0 Å². The van der Waals surface area contributed by atoms with Crippen molar-refractivity contribution in [3.05, 3.63) is 48.0 Å². The normalized spacial score (nSPS) is 18.6. The van der Waals surface area contributed by atoms with Crippen LogP contribution in [0.3, 0.4) is 0 Å². The van der Waals surface area contributed by atoms with E-state index in [1.807, 2.05) is 18.2 Å². The molecular weight excluding hydrogens is 366 g/mol. The van der Waals surface area contributed by atoms with E-state index in [1.165, 1.54) is 25.7 Å². The van der Waals surface area contributed by atoms with Gasteiger partial charge in [0, 0.05) is 32.4 Å². The molecule has 2 fully saturated rings. The van der Waals surface area contributed by atoms with Gasteiger partial charge in [-0.1, -0.05) is 0 Å². The molecule has 2 aromatic rings. The van der Waals surface area contributed by atoms with Crippen molar-refractivity contribution in [3.8, 4) is 5.88 Å². The zero-order valence-electron chi connectivity index (χ0n) is 17.1. The van der Waals surface area contributed by atoms with Gasteiger partial charge < -0.3 is 19.8 Å². The molecule has 1 saturated heterocycles. The molecule has 0 bridgehead atoms. The summed E-state index contributed by atoms with van der Waals surface area (Å²) in [5.74, 6) is 3.20. The first-order valence-electron chi connectivity index (χ1n) is 10.6. The third-order valence-corrected chi connectivity index (χ3v) is 5.56. The van der Waals surface area contributed by atoms with Crippen LogP contribution in [-0.2, 0) is 6.54 Å². The molecule has 3 heterocycles. The van der Waals surface area contributed by atoms with Crippen molar-refractivity contribution in [1.29, 1.82) is 0 Å². The van der Waals surface area contributed by atoms with Gasteiger partial charge >= 0.3 is 0 Å². The molecule has 1 unspecified atom stereocenters. The third-order valence-electron chi connectivity index (χ3n) is 5.56. The number of aromatic nitrogens is 1. The Hall–Kier alpha value is -2.54.